The summed E-state index contributed by atoms with van der Waals surface area (Å²) in [5.41, 5.74) is 4.87. The maximum Gasteiger partial charge on any atom is 0.469 e. The van der Waals surface area contributed by atoms with Crippen molar-refractivity contribution in [3.05, 3.63) is 12.2 Å². The van der Waals surface area contributed by atoms with E-state index in [-0.39, 0.29) is 32.3 Å². The lowest BCUT2D eigenvalue weighted by molar-refractivity contribution is -0.147. The second kappa shape index (κ2) is 25.8. The summed E-state index contributed by atoms with van der Waals surface area (Å²) in [5.74, 6) is -0.287. The van der Waals surface area contributed by atoms with Crippen LogP contribution in [0.25, 0.3) is 0 Å². The van der Waals surface area contributed by atoms with Gasteiger partial charge in [-0.15, -0.1) is 0 Å². The topological polar surface area (TPSA) is 160 Å². The molecule has 0 aliphatic carbocycles. The van der Waals surface area contributed by atoms with Gasteiger partial charge >= 0.3 is 13.8 Å². The summed E-state index contributed by atoms with van der Waals surface area (Å²) in [6.45, 7) is 1.78. The van der Waals surface area contributed by atoms with Gasteiger partial charge in [0.1, 0.15) is 12.7 Å². The Morgan fingerprint density at radius 3 is 1.91 bits per heavy atom. The summed E-state index contributed by atoms with van der Waals surface area (Å²) >= 11 is 0. The number of hydrogen-bond donors (Lipinski definition) is 5. The second-order valence-electron chi connectivity index (χ2n) is 7.97. The molecule has 0 aromatic carbocycles. The molecule has 0 amide bonds. The maximum absolute atomic E-state index is 11.4. The first-order chi connectivity index (χ1) is 15.8. The second-order valence-corrected chi connectivity index (χ2v) is 9.21. The third-order valence-corrected chi connectivity index (χ3v) is 5.19. The smallest absolute Gasteiger partial charge is 0.463 e. The van der Waals surface area contributed by atoms with Crippen LogP contribution in [-0.2, 0) is 18.6 Å². The number of esters is 1. The highest BCUT2D eigenvalue weighted by Crippen LogP contribution is 2.34. The molecule has 9 nitrogen and oxygen atoms in total. The molecule has 0 radical (unpaired) electrons. The highest BCUT2D eigenvalue weighted by molar-refractivity contribution is 7.46. The van der Waals surface area contributed by atoms with Crippen molar-refractivity contribution in [1.29, 1.82) is 0 Å². The minimum atomic E-state index is -4.26. The Kier molecular flexibility index (Phi) is 26.9. The number of carbonyl (C=O) groups excluding carboxylic acids is 1. The number of aliphatic hydroxyl groups excluding tert-OH is 2. The largest absolute Gasteiger partial charge is 0.469 e. The van der Waals surface area contributed by atoms with E-state index in [0.29, 0.717) is 6.42 Å². The van der Waals surface area contributed by atoms with Gasteiger partial charge in [-0.1, -0.05) is 70.4 Å². The molecule has 0 aromatic rings. The molecular formula is C23H48NO8P. The zero-order chi connectivity index (χ0) is 25.2. The van der Waals surface area contributed by atoms with E-state index in [0.717, 1.165) is 25.7 Å². The Morgan fingerprint density at radius 2 is 1.45 bits per heavy atom. The first kappa shape index (κ1) is 34.4. The monoisotopic (exact) mass is 497 g/mol. The van der Waals surface area contributed by atoms with Crippen molar-refractivity contribution in [3.63, 3.8) is 0 Å². The minimum absolute atomic E-state index is 0.107. The Bertz CT molecular complexity index is 499. The molecule has 0 heterocycles. The van der Waals surface area contributed by atoms with Gasteiger partial charge in [0.05, 0.1) is 13.2 Å². The number of hydrogen-bond acceptors (Lipinski definition) is 7. The quantitative estimate of drug-likeness (QED) is 0.0684. The Labute approximate surface area is 200 Å². The first-order valence-electron chi connectivity index (χ1n) is 12.3. The van der Waals surface area contributed by atoms with Crippen LogP contribution in [0.2, 0.25) is 0 Å². The van der Waals surface area contributed by atoms with E-state index in [1.807, 2.05) is 0 Å². The van der Waals surface area contributed by atoms with E-state index < -0.39 is 13.9 Å². The normalized spacial score (nSPS) is 12.4. The van der Waals surface area contributed by atoms with Crippen LogP contribution in [0.1, 0.15) is 96.8 Å². The van der Waals surface area contributed by atoms with Crippen LogP contribution < -0.4 is 5.73 Å². The van der Waals surface area contributed by atoms with E-state index >= 15 is 0 Å². The lowest BCUT2D eigenvalue weighted by Crippen LogP contribution is -2.21. The van der Waals surface area contributed by atoms with Crippen LogP contribution in [0.3, 0.4) is 0 Å². The zero-order valence-electron chi connectivity index (χ0n) is 20.4. The number of aliphatic hydroxyl groups is 2. The van der Waals surface area contributed by atoms with Crippen LogP contribution in [0.5, 0.6) is 0 Å². The van der Waals surface area contributed by atoms with Crippen molar-refractivity contribution in [3.8, 4) is 0 Å². The molecule has 0 aliphatic rings. The van der Waals surface area contributed by atoms with Crippen LogP contribution >= 0.6 is 7.82 Å². The van der Waals surface area contributed by atoms with E-state index in [1.165, 1.54) is 57.8 Å². The predicted octanol–water partition coefficient (Wildman–Crippen LogP) is 3.97. The maximum atomic E-state index is 11.4. The van der Waals surface area contributed by atoms with Crippen molar-refractivity contribution in [1.82, 2.24) is 0 Å². The molecule has 198 valence electrons. The predicted molar refractivity (Wildman–Crippen MR) is 131 cm³/mol. The fourth-order valence-corrected chi connectivity index (χ4v) is 3.17. The molecule has 10 heteroatoms. The van der Waals surface area contributed by atoms with Gasteiger partial charge in [-0.25, -0.2) is 4.57 Å². The number of phosphoric acid groups is 1. The molecule has 0 aromatic heterocycles. The average Bonchev–Trinajstić information content (AvgIpc) is 2.78. The van der Waals surface area contributed by atoms with Crippen LogP contribution in [-0.4, -0.2) is 58.4 Å². The highest BCUT2D eigenvalue weighted by Gasteiger charge is 2.11. The molecule has 0 spiro atoms. The molecule has 33 heavy (non-hydrogen) atoms. The SMILES string of the molecule is CCCCCCCC/C=C\CCCCCCCC(=O)OCC(O)CO.NCCOP(=O)(O)O. The Hall–Kier alpha value is -0.800. The minimum Gasteiger partial charge on any atom is -0.463 e. The lowest BCUT2D eigenvalue weighted by atomic mass is 10.1. The standard InChI is InChI=1S/C21H40O4.C2H8NO4P/c1-2-3-4-5-6-7-8-9-10-11-12-13-14-15-16-17-21(24)25-19-20(23)18-22;3-1-2-7-8(4,5)6/h9-10,20,22-23H,2-8,11-19H2,1H3;1-3H2,(H2,4,5,6)/b10-9-;. The van der Waals surface area contributed by atoms with E-state index in [9.17, 15) is 9.36 Å². The first-order valence-corrected chi connectivity index (χ1v) is 13.8. The van der Waals surface area contributed by atoms with Gasteiger partial charge in [-0.3, -0.25) is 9.32 Å². The number of carbonyl (C=O) groups is 1. The van der Waals surface area contributed by atoms with Crippen molar-refractivity contribution in [2.75, 3.05) is 26.4 Å². The van der Waals surface area contributed by atoms with Crippen molar-refractivity contribution in [2.24, 2.45) is 5.73 Å². The Morgan fingerprint density at radius 1 is 0.939 bits per heavy atom. The number of rotatable bonds is 21. The number of unbranched alkanes of at least 4 members (excludes halogenated alkanes) is 11. The van der Waals surface area contributed by atoms with Gasteiger partial charge in [0.2, 0.25) is 0 Å². The van der Waals surface area contributed by atoms with Crippen LogP contribution in [0, 0.1) is 0 Å². The van der Waals surface area contributed by atoms with E-state index in [1.54, 1.807) is 0 Å². The molecule has 0 bridgehead atoms. The number of phosphoric ester groups is 1. The summed E-state index contributed by atoms with van der Waals surface area (Å²) in [4.78, 5) is 27.3. The molecule has 1 atom stereocenters. The van der Waals surface area contributed by atoms with Crippen molar-refractivity contribution < 1.29 is 38.6 Å². The third kappa shape index (κ3) is 33.5. The summed E-state index contributed by atoms with van der Waals surface area (Å²) in [6, 6.07) is 0. The molecule has 1 unspecified atom stereocenters. The molecule has 0 saturated carbocycles. The van der Waals surface area contributed by atoms with Gasteiger partial charge < -0.3 is 30.5 Å². The molecule has 6 N–H and O–H groups in total. The molecule has 0 fully saturated rings. The summed E-state index contributed by atoms with van der Waals surface area (Å²) in [5, 5.41) is 17.7. The van der Waals surface area contributed by atoms with Crippen molar-refractivity contribution >= 4 is 13.8 Å². The van der Waals surface area contributed by atoms with Crippen LogP contribution in [0.15, 0.2) is 12.2 Å². The summed E-state index contributed by atoms with van der Waals surface area (Å²) < 4.78 is 18.6. The van der Waals surface area contributed by atoms with Gasteiger partial charge in [-0.2, -0.15) is 0 Å². The summed E-state index contributed by atoms with van der Waals surface area (Å²) in [6.07, 6.45) is 20.1. The highest BCUT2D eigenvalue weighted by atomic mass is 31.2. The van der Waals surface area contributed by atoms with Gasteiger partial charge in [0.15, 0.2) is 0 Å². The van der Waals surface area contributed by atoms with Gasteiger partial charge in [-0.05, 0) is 32.1 Å². The van der Waals surface area contributed by atoms with Gasteiger partial charge in [0, 0.05) is 13.0 Å². The number of ether oxygens (including phenoxy) is 1. The molecule has 0 rings (SSSR count). The molecule has 0 aliphatic heterocycles. The fraction of sp³-hybridized carbons (Fsp3) is 0.870. The van der Waals surface area contributed by atoms with E-state index in [4.69, 9.17) is 30.5 Å². The van der Waals surface area contributed by atoms with Crippen molar-refractivity contribution in [2.45, 2.75) is 103 Å². The average molecular weight is 498 g/mol. The van der Waals surface area contributed by atoms with E-state index in [2.05, 4.69) is 23.6 Å². The zero-order valence-corrected chi connectivity index (χ0v) is 21.3. The van der Waals surface area contributed by atoms with Crippen LogP contribution in [0.4, 0.5) is 0 Å². The lowest BCUT2D eigenvalue weighted by Gasteiger charge is -2.08. The summed E-state index contributed by atoms with van der Waals surface area (Å²) in [7, 11) is -4.26. The number of nitrogens with two attached hydrogens (primary N) is 1. The molecule has 0 saturated heterocycles. The number of allylic oxidation sites excluding steroid dienone is 2. The third-order valence-electron chi connectivity index (χ3n) is 4.67. The fourth-order valence-electron chi connectivity index (χ4n) is 2.83. The Balaban J connectivity index is 0. The van der Waals surface area contributed by atoms with Gasteiger partial charge in [0.25, 0.3) is 0 Å². The molecular weight excluding hydrogens is 449 g/mol.